The maximum absolute atomic E-state index is 13.2. The maximum atomic E-state index is 13.2. The second kappa shape index (κ2) is 11.5. The average molecular weight is 515 g/mol. The van der Waals surface area contributed by atoms with E-state index >= 15 is 0 Å². The van der Waals surface area contributed by atoms with Gasteiger partial charge in [0.2, 0.25) is 0 Å². The van der Waals surface area contributed by atoms with Gasteiger partial charge in [0.1, 0.15) is 11.6 Å². The number of amides is 1. The molecule has 0 atom stereocenters. The van der Waals surface area contributed by atoms with Gasteiger partial charge in [-0.2, -0.15) is 5.10 Å². The van der Waals surface area contributed by atoms with Gasteiger partial charge in [-0.1, -0.05) is 23.2 Å². The number of piperazine rings is 1. The Balaban J connectivity index is 1.36. The third-order valence-corrected chi connectivity index (χ3v) is 6.56. The van der Waals surface area contributed by atoms with Crippen LogP contribution in [0.5, 0.6) is 5.75 Å². The molecular formula is C26H25Cl2FN4O2. The van der Waals surface area contributed by atoms with Crippen LogP contribution in [0.4, 0.5) is 10.1 Å². The fourth-order valence-corrected chi connectivity index (χ4v) is 4.22. The van der Waals surface area contributed by atoms with Gasteiger partial charge in [0.05, 0.1) is 23.4 Å². The van der Waals surface area contributed by atoms with Gasteiger partial charge in [0.15, 0.2) is 0 Å². The zero-order valence-corrected chi connectivity index (χ0v) is 20.7. The molecule has 6 nitrogen and oxygen atoms in total. The van der Waals surface area contributed by atoms with Crippen molar-refractivity contribution < 1.29 is 13.9 Å². The van der Waals surface area contributed by atoms with Gasteiger partial charge in [-0.3, -0.25) is 9.69 Å². The molecule has 9 heteroatoms. The Bertz CT molecular complexity index is 1210. The predicted molar refractivity (Wildman–Crippen MR) is 138 cm³/mol. The molecule has 1 aliphatic rings. The monoisotopic (exact) mass is 514 g/mol. The summed E-state index contributed by atoms with van der Waals surface area (Å²) < 4.78 is 18.8. The molecule has 1 fully saturated rings. The molecule has 1 amide bonds. The molecule has 0 aliphatic carbocycles. The fraction of sp³-hybridized carbons (Fsp3) is 0.231. The van der Waals surface area contributed by atoms with Crippen LogP contribution in [0.2, 0.25) is 10.0 Å². The van der Waals surface area contributed by atoms with Gasteiger partial charge in [-0.05, 0) is 66.2 Å². The van der Waals surface area contributed by atoms with Crippen molar-refractivity contribution in [1.29, 1.82) is 0 Å². The van der Waals surface area contributed by atoms with Crippen molar-refractivity contribution in [2.24, 2.45) is 5.10 Å². The summed E-state index contributed by atoms with van der Waals surface area (Å²) >= 11 is 11.9. The molecule has 0 unspecified atom stereocenters. The molecule has 1 N–H and O–H groups in total. The zero-order valence-electron chi connectivity index (χ0n) is 19.2. The Morgan fingerprint density at radius 2 is 1.77 bits per heavy atom. The van der Waals surface area contributed by atoms with Gasteiger partial charge in [0, 0.05) is 49.5 Å². The summed E-state index contributed by atoms with van der Waals surface area (Å²) in [4.78, 5) is 16.9. The SMILES string of the molecule is COc1ccc(C=NNC(=O)c2ccc(Cl)c(Cl)c2)cc1CN1CCN(c2ccc(F)cc2)CC1. The average Bonchev–Trinajstić information content (AvgIpc) is 2.87. The van der Waals surface area contributed by atoms with E-state index in [1.807, 2.05) is 30.3 Å². The Hall–Kier alpha value is -3.13. The lowest BCUT2D eigenvalue weighted by Gasteiger charge is -2.36. The van der Waals surface area contributed by atoms with E-state index in [1.165, 1.54) is 18.2 Å². The van der Waals surface area contributed by atoms with E-state index in [0.717, 1.165) is 55.3 Å². The van der Waals surface area contributed by atoms with Crippen molar-refractivity contribution in [2.75, 3.05) is 38.2 Å². The first-order valence-corrected chi connectivity index (χ1v) is 11.9. The second-order valence-electron chi connectivity index (χ2n) is 8.14. The topological polar surface area (TPSA) is 57.2 Å². The number of carbonyl (C=O) groups excluding carboxylic acids is 1. The van der Waals surface area contributed by atoms with Crippen molar-refractivity contribution in [2.45, 2.75) is 6.54 Å². The number of methoxy groups -OCH3 is 1. The van der Waals surface area contributed by atoms with Crippen molar-refractivity contribution in [1.82, 2.24) is 10.3 Å². The molecule has 35 heavy (non-hydrogen) atoms. The molecule has 1 heterocycles. The highest BCUT2D eigenvalue weighted by atomic mass is 35.5. The predicted octanol–water partition coefficient (Wildman–Crippen LogP) is 5.23. The molecule has 0 aromatic heterocycles. The molecule has 0 bridgehead atoms. The fourth-order valence-electron chi connectivity index (χ4n) is 3.93. The molecule has 3 aromatic rings. The Morgan fingerprint density at radius 1 is 1.03 bits per heavy atom. The Labute approximate surface area is 213 Å². The molecule has 182 valence electrons. The number of ether oxygens (including phenoxy) is 1. The van der Waals surface area contributed by atoms with E-state index in [4.69, 9.17) is 27.9 Å². The summed E-state index contributed by atoms with van der Waals surface area (Å²) in [6.45, 7) is 4.18. The van der Waals surface area contributed by atoms with Crippen LogP contribution in [0, 0.1) is 5.82 Å². The summed E-state index contributed by atoms with van der Waals surface area (Å²) in [7, 11) is 1.65. The molecule has 0 saturated carbocycles. The highest BCUT2D eigenvalue weighted by Crippen LogP contribution is 2.24. The number of carbonyl (C=O) groups is 1. The quantitative estimate of drug-likeness (QED) is 0.346. The number of anilines is 1. The van der Waals surface area contributed by atoms with Crippen molar-refractivity contribution in [3.05, 3.63) is 93.2 Å². The summed E-state index contributed by atoms with van der Waals surface area (Å²) in [6.07, 6.45) is 1.59. The van der Waals surface area contributed by atoms with Crippen molar-refractivity contribution >= 4 is 41.0 Å². The number of hydrogen-bond acceptors (Lipinski definition) is 5. The van der Waals surface area contributed by atoms with Crippen LogP contribution in [0.15, 0.2) is 65.8 Å². The van der Waals surface area contributed by atoms with E-state index in [1.54, 1.807) is 25.5 Å². The smallest absolute Gasteiger partial charge is 0.271 e. The van der Waals surface area contributed by atoms with Crippen LogP contribution in [-0.2, 0) is 6.54 Å². The number of hydrogen-bond donors (Lipinski definition) is 1. The lowest BCUT2D eigenvalue weighted by atomic mass is 10.1. The lowest BCUT2D eigenvalue weighted by Crippen LogP contribution is -2.46. The molecule has 1 aliphatic heterocycles. The van der Waals surface area contributed by atoms with Crippen LogP contribution in [0.1, 0.15) is 21.5 Å². The van der Waals surface area contributed by atoms with Crippen LogP contribution < -0.4 is 15.1 Å². The molecule has 1 saturated heterocycles. The zero-order chi connectivity index (χ0) is 24.8. The Kier molecular flexibility index (Phi) is 8.23. The summed E-state index contributed by atoms with van der Waals surface area (Å²) in [5.74, 6) is 0.187. The molecule has 4 rings (SSSR count). The standard InChI is InChI=1S/C26H25Cl2FN4O2/c1-35-25-9-2-18(16-30-31-26(34)19-3-8-23(27)24(28)15-19)14-20(25)17-32-10-12-33(13-11-32)22-6-4-21(29)5-7-22/h2-9,14-16H,10-13,17H2,1H3,(H,31,34). The highest BCUT2D eigenvalue weighted by Gasteiger charge is 2.19. The number of hydrazone groups is 1. The first-order valence-electron chi connectivity index (χ1n) is 11.1. The number of nitrogens with one attached hydrogen (secondary N) is 1. The van der Waals surface area contributed by atoms with Gasteiger partial charge < -0.3 is 9.64 Å². The van der Waals surface area contributed by atoms with E-state index < -0.39 is 0 Å². The summed E-state index contributed by atoms with van der Waals surface area (Å²) in [5, 5.41) is 4.77. The van der Waals surface area contributed by atoms with Crippen LogP contribution >= 0.6 is 23.2 Å². The highest BCUT2D eigenvalue weighted by molar-refractivity contribution is 6.42. The molecule has 3 aromatic carbocycles. The third-order valence-electron chi connectivity index (χ3n) is 5.82. The molecular weight excluding hydrogens is 490 g/mol. The van der Waals surface area contributed by atoms with E-state index in [-0.39, 0.29) is 11.7 Å². The first-order chi connectivity index (χ1) is 16.9. The van der Waals surface area contributed by atoms with Gasteiger partial charge in [-0.25, -0.2) is 9.82 Å². The summed E-state index contributed by atoms with van der Waals surface area (Å²) in [6, 6.07) is 17.0. The van der Waals surface area contributed by atoms with Crippen LogP contribution in [0.25, 0.3) is 0 Å². The van der Waals surface area contributed by atoms with Crippen molar-refractivity contribution in [3.63, 3.8) is 0 Å². The van der Waals surface area contributed by atoms with E-state index in [9.17, 15) is 9.18 Å². The van der Waals surface area contributed by atoms with Crippen molar-refractivity contribution in [3.8, 4) is 5.75 Å². The second-order valence-corrected chi connectivity index (χ2v) is 8.95. The minimum Gasteiger partial charge on any atom is -0.496 e. The summed E-state index contributed by atoms with van der Waals surface area (Å²) in [5.41, 5.74) is 5.77. The number of rotatable bonds is 7. The molecule has 0 radical (unpaired) electrons. The van der Waals surface area contributed by atoms with Gasteiger partial charge >= 0.3 is 0 Å². The van der Waals surface area contributed by atoms with E-state index in [2.05, 4.69) is 20.3 Å². The van der Waals surface area contributed by atoms with Gasteiger partial charge in [-0.15, -0.1) is 0 Å². The Morgan fingerprint density at radius 3 is 2.46 bits per heavy atom. The van der Waals surface area contributed by atoms with Crippen LogP contribution in [-0.4, -0.2) is 50.3 Å². The van der Waals surface area contributed by atoms with E-state index in [0.29, 0.717) is 15.6 Å². The maximum Gasteiger partial charge on any atom is 0.271 e. The third kappa shape index (κ3) is 6.51. The normalized spacial score (nSPS) is 14.3. The number of halogens is 3. The number of benzene rings is 3. The van der Waals surface area contributed by atoms with Gasteiger partial charge in [0.25, 0.3) is 5.91 Å². The van der Waals surface area contributed by atoms with Crippen LogP contribution in [0.3, 0.4) is 0 Å². The number of nitrogens with zero attached hydrogens (tertiary/aromatic N) is 3. The largest absolute Gasteiger partial charge is 0.496 e. The minimum absolute atomic E-state index is 0.225. The lowest BCUT2D eigenvalue weighted by molar-refractivity contribution is 0.0955. The minimum atomic E-state index is -0.382. The first kappa shape index (κ1) is 25.0. The molecule has 0 spiro atoms.